The molecule has 0 bridgehead atoms. The van der Waals surface area contributed by atoms with Crippen LogP contribution in [0.25, 0.3) is 0 Å². The second-order valence-electron chi connectivity index (χ2n) is 9.74. The number of ether oxygens (including phenoxy) is 1. The third kappa shape index (κ3) is 7.19. The smallest absolute Gasteiger partial charge is 0.263 e. The number of nitrogens with one attached hydrogen (secondary N) is 2. The van der Waals surface area contributed by atoms with Crippen LogP contribution in [-0.4, -0.2) is 32.9 Å². The van der Waals surface area contributed by atoms with Crippen LogP contribution in [0.4, 0.5) is 5.69 Å². The quantitative estimate of drug-likeness (QED) is 0.298. The van der Waals surface area contributed by atoms with Crippen molar-refractivity contribution in [2.45, 2.75) is 36.9 Å². The zero-order chi connectivity index (χ0) is 28.7. The number of carbonyl (C=O) groups excluding carboxylic acids is 2. The van der Waals surface area contributed by atoms with E-state index in [1.165, 1.54) is 0 Å². The van der Waals surface area contributed by atoms with E-state index in [-0.39, 0.29) is 36.2 Å². The highest BCUT2D eigenvalue weighted by molar-refractivity contribution is 7.89. The van der Waals surface area contributed by atoms with Crippen LogP contribution in [0.1, 0.15) is 23.1 Å². The highest BCUT2D eigenvalue weighted by Crippen LogP contribution is 2.33. The molecule has 2 N–H and O–H groups in total. The molecule has 0 fully saturated rings. The maximum absolute atomic E-state index is 13.4. The minimum atomic E-state index is -3.67. The molecule has 0 saturated carbocycles. The van der Waals surface area contributed by atoms with Crippen molar-refractivity contribution in [3.8, 4) is 5.75 Å². The van der Waals surface area contributed by atoms with Gasteiger partial charge in [0, 0.05) is 19.5 Å². The van der Waals surface area contributed by atoms with Gasteiger partial charge in [0.25, 0.3) is 5.91 Å². The monoisotopic (exact) mass is 569 g/mol. The van der Waals surface area contributed by atoms with Crippen LogP contribution >= 0.6 is 0 Å². The molecule has 210 valence electrons. The summed E-state index contributed by atoms with van der Waals surface area (Å²) in [6.45, 7) is 0.662. The van der Waals surface area contributed by atoms with Gasteiger partial charge in [-0.25, -0.2) is 13.1 Å². The maximum atomic E-state index is 13.4. The van der Waals surface area contributed by atoms with Gasteiger partial charge in [0.2, 0.25) is 15.9 Å². The van der Waals surface area contributed by atoms with Crippen molar-refractivity contribution in [1.29, 1.82) is 0 Å². The fourth-order valence-corrected chi connectivity index (χ4v) is 5.60. The standard InChI is InChI=1S/C32H31N3O5S/c36-31(20-17-24-15-18-27(19-16-24)41(38,39)34-22-26-11-5-2-6-12-26)35-23-30(40-29-14-8-7-13-28(29)35)32(37)33-21-25-9-3-1-4-10-25/h1-16,18-19,30,34H,17,20-23H2,(H,33,37)/t30-/m0/s1. The van der Waals surface area contributed by atoms with E-state index in [4.69, 9.17) is 4.74 Å². The number of hydrogen-bond acceptors (Lipinski definition) is 5. The van der Waals surface area contributed by atoms with E-state index in [1.54, 1.807) is 47.4 Å². The van der Waals surface area contributed by atoms with Crippen LogP contribution in [-0.2, 0) is 39.1 Å². The number of aryl methyl sites for hydroxylation is 1. The van der Waals surface area contributed by atoms with Crippen LogP contribution in [0, 0.1) is 0 Å². The van der Waals surface area contributed by atoms with Crippen LogP contribution in [0.15, 0.2) is 114 Å². The molecule has 4 aromatic rings. The lowest BCUT2D eigenvalue weighted by molar-refractivity contribution is -0.128. The molecule has 0 unspecified atom stereocenters. The lowest BCUT2D eigenvalue weighted by Gasteiger charge is -2.34. The summed E-state index contributed by atoms with van der Waals surface area (Å²) in [5.41, 5.74) is 3.29. The fourth-order valence-electron chi connectivity index (χ4n) is 4.59. The molecule has 4 aromatic carbocycles. The number of fused-ring (bicyclic) bond motifs is 1. The summed E-state index contributed by atoms with van der Waals surface area (Å²) >= 11 is 0. The van der Waals surface area contributed by atoms with Crippen molar-refractivity contribution in [2.75, 3.05) is 11.4 Å². The highest BCUT2D eigenvalue weighted by Gasteiger charge is 2.33. The highest BCUT2D eigenvalue weighted by atomic mass is 32.2. The number of amides is 2. The van der Waals surface area contributed by atoms with E-state index < -0.39 is 16.1 Å². The van der Waals surface area contributed by atoms with E-state index in [9.17, 15) is 18.0 Å². The van der Waals surface area contributed by atoms with E-state index in [2.05, 4.69) is 10.0 Å². The predicted octanol–water partition coefficient (Wildman–Crippen LogP) is 4.21. The fraction of sp³-hybridized carbons (Fsp3) is 0.188. The number of hydrogen-bond donors (Lipinski definition) is 2. The van der Waals surface area contributed by atoms with Crippen molar-refractivity contribution in [3.05, 3.63) is 126 Å². The SMILES string of the molecule is O=C(NCc1ccccc1)[C@@H]1CN(C(=O)CCc2ccc(S(=O)(=O)NCc3ccccc3)cc2)c2ccccc2O1. The third-order valence-electron chi connectivity index (χ3n) is 6.85. The topological polar surface area (TPSA) is 105 Å². The lowest BCUT2D eigenvalue weighted by Crippen LogP contribution is -2.50. The summed E-state index contributed by atoms with van der Waals surface area (Å²) in [5, 5.41) is 2.90. The summed E-state index contributed by atoms with van der Waals surface area (Å²) in [4.78, 5) is 28.1. The van der Waals surface area contributed by atoms with Gasteiger partial charge in [-0.2, -0.15) is 0 Å². The van der Waals surface area contributed by atoms with Crippen LogP contribution < -0.4 is 19.7 Å². The van der Waals surface area contributed by atoms with Gasteiger partial charge in [0.1, 0.15) is 5.75 Å². The molecule has 0 spiro atoms. The molecule has 41 heavy (non-hydrogen) atoms. The largest absolute Gasteiger partial charge is 0.477 e. The minimum Gasteiger partial charge on any atom is -0.477 e. The van der Waals surface area contributed by atoms with Gasteiger partial charge in [-0.1, -0.05) is 84.9 Å². The van der Waals surface area contributed by atoms with Gasteiger partial charge in [0.05, 0.1) is 17.1 Å². The first-order valence-electron chi connectivity index (χ1n) is 13.4. The molecule has 9 heteroatoms. The summed E-state index contributed by atoms with van der Waals surface area (Å²) < 4.78 is 34.0. The van der Waals surface area contributed by atoms with E-state index in [1.807, 2.05) is 66.7 Å². The third-order valence-corrected chi connectivity index (χ3v) is 8.26. The molecule has 1 aliphatic rings. The second-order valence-corrected chi connectivity index (χ2v) is 11.5. The first kappa shape index (κ1) is 28.1. The summed E-state index contributed by atoms with van der Waals surface area (Å²) in [5.74, 6) is 0.0335. The van der Waals surface area contributed by atoms with Gasteiger partial charge in [-0.3, -0.25) is 9.59 Å². The molecule has 1 aliphatic heterocycles. The molecule has 0 saturated heterocycles. The van der Waals surface area contributed by atoms with Gasteiger partial charge in [0.15, 0.2) is 6.10 Å². The van der Waals surface area contributed by atoms with Crippen molar-refractivity contribution in [1.82, 2.24) is 10.0 Å². The van der Waals surface area contributed by atoms with Gasteiger partial charge in [-0.15, -0.1) is 0 Å². The first-order chi connectivity index (χ1) is 19.9. The predicted molar refractivity (Wildman–Crippen MR) is 157 cm³/mol. The second kappa shape index (κ2) is 12.8. The zero-order valence-electron chi connectivity index (χ0n) is 22.4. The molecule has 0 aliphatic carbocycles. The average Bonchev–Trinajstić information content (AvgIpc) is 3.02. The van der Waals surface area contributed by atoms with Gasteiger partial charge < -0.3 is 15.0 Å². The minimum absolute atomic E-state index is 0.0980. The Hall–Kier alpha value is -4.47. The molecule has 8 nitrogen and oxygen atoms in total. The number of anilines is 1. The Kier molecular flexibility index (Phi) is 8.76. The Morgan fingerprint density at radius 3 is 2.05 bits per heavy atom. The summed E-state index contributed by atoms with van der Waals surface area (Å²) in [7, 11) is -3.67. The van der Waals surface area contributed by atoms with Crippen molar-refractivity contribution in [2.24, 2.45) is 0 Å². The Morgan fingerprint density at radius 2 is 1.37 bits per heavy atom. The van der Waals surface area contributed by atoms with Gasteiger partial charge >= 0.3 is 0 Å². The van der Waals surface area contributed by atoms with Crippen molar-refractivity contribution in [3.63, 3.8) is 0 Å². The molecule has 0 radical (unpaired) electrons. The lowest BCUT2D eigenvalue weighted by atomic mass is 10.1. The summed E-state index contributed by atoms with van der Waals surface area (Å²) in [6.07, 6.45) is -0.239. The molecule has 1 atom stereocenters. The number of rotatable bonds is 10. The number of sulfonamides is 1. The number of para-hydroxylation sites is 2. The molecule has 2 amide bonds. The Morgan fingerprint density at radius 1 is 0.756 bits per heavy atom. The summed E-state index contributed by atoms with van der Waals surface area (Å²) in [6, 6.07) is 32.6. The normalized spacial score (nSPS) is 14.5. The number of nitrogens with zero attached hydrogens (tertiary/aromatic N) is 1. The maximum Gasteiger partial charge on any atom is 0.263 e. The molecular formula is C32H31N3O5S. The van der Waals surface area contributed by atoms with E-state index in [0.29, 0.717) is 24.4 Å². The van der Waals surface area contributed by atoms with E-state index in [0.717, 1.165) is 16.7 Å². The van der Waals surface area contributed by atoms with Gasteiger partial charge in [-0.05, 0) is 47.4 Å². The molecule has 5 rings (SSSR count). The number of carbonyl (C=O) groups is 2. The number of benzene rings is 4. The first-order valence-corrected chi connectivity index (χ1v) is 14.9. The van der Waals surface area contributed by atoms with Crippen LogP contribution in [0.5, 0.6) is 5.75 Å². The van der Waals surface area contributed by atoms with Crippen molar-refractivity contribution >= 4 is 27.5 Å². The van der Waals surface area contributed by atoms with Crippen LogP contribution in [0.3, 0.4) is 0 Å². The molecule has 0 aromatic heterocycles. The Bertz CT molecular complexity index is 1590. The van der Waals surface area contributed by atoms with Crippen LogP contribution in [0.2, 0.25) is 0 Å². The average molecular weight is 570 g/mol. The molecule has 1 heterocycles. The molecular weight excluding hydrogens is 538 g/mol. The Balaban J connectivity index is 1.19. The zero-order valence-corrected chi connectivity index (χ0v) is 23.2. The Labute approximate surface area is 240 Å². The van der Waals surface area contributed by atoms with E-state index >= 15 is 0 Å². The van der Waals surface area contributed by atoms with Crippen molar-refractivity contribution < 1.29 is 22.7 Å².